The molecule has 0 radical (unpaired) electrons. The van der Waals surface area contributed by atoms with Crippen LogP contribution in [-0.2, 0) is 13.8 Å². The first-order valence-corrected chi connectivity index (χ1v) is 10.5. The molecule has 162 valence electrons. The molecule has 6 N–H and O–H groups in total. The number of phosphoric acid groups is 1. The van der Waals surface area contributed by atoms with Gasteiger partial charge in [0.2, 0.25) is 5.82 Å². The third-order valence-electron chi connectivity index (χ3n) is 4.56. The van der Waals surface area contributed by atoms with Crippen LogP contribution in [0.15, 0.2) is 36.7 Å². The lowest BCUT2D eigenvalue weighted by molar-refractivity contribution is -0.0504. The molecule has 4 atom stereocenters. The van der Waals surface area contributed by atoms with Crippen molar-refractivity contribution in [3.05, 3.63) is 48.0 Å². The zero-order valence-electron chi connectivity index (χ0n) is 15.8. The van der Waals surface area contributed by atoms with Crippen LogP contribution in [0, 0.1) is 11.8 Å². The van der Waals surface area contributed by atoms with Crippen LogP contribution in [0.4, 0.5) is 5.82 Å². The average Bonchev–Trinajstić information content (AvgIpc) is 3.27. The minimum Gasteiger partial charge on any atom is -0.387 e. The number of phosphoric ester groups is 1. The Morgan fingerprint density at radius 3 is 2.61 bits per heavy atom. The number of ether oxygens (including phenoxy) is 1. The van der Waals surface area contributed by atoms with Crippen LogP contribution in [0.5, 0.6) is 0 Å². The first kappa shape index (κ1) is 21.4. The quantitative estimate of drug-likeness (QED) is 0.257. The van der Waals surface area contributed by atoms with Crippen LogP contribution in [0.3, 0.4) is 0 Å². The molecule has 2 aromatic heterocycles. The lowest BCUT2D eigenvalue weighted by Gasteiger charge is -2.16. The number of nitrogens with two attached hydrogens (primary N) is 1. The second kappa shape index (κ2) is 8.33. The second-order valence-electron chi connectivity index (χ2n) is 6.71. The van der Waals surface area contributed by atoms with Crippen molar-refractivity contribution in [1.29, 1.82) is 0 Å². The van der Waals surface area contributed by atoms with E-state index in [9.17, 15) is 14.8 Å². The number of hydrogen-bond donors (Lipinski definition) is 5. The van der Waals surface area contributed by atoms with Crippen molar-refractivity contribution in [3.8, 4) is 11.8 Å². The van der Waals surface area contributed by atoms with E-state index < -0.39 is 39.0 Å². The number of nitrogen functional groups attached to an aromatic ring is 1. The molecule has 1 aromatic carbocycles. The molecule has 0 spiro atoms. The molecule has 13 heteroatoms. The number of benzene rings is 1. The predicted octanol–water partition coefficient (Wildman–Crippen LogP) is -0.463. The van der Waals surface area contributed by atoms with E-state index in [1.807, 2.05) is 30.3 Å². The number of anilines is 1. The highest BCUT2D eigenvalue weighted by atomic mass is 31.2. The van der Waals surface area contributed by atoms with Crippen LogP contribution in [-0.4, -0.2) is 64.4 Å². The largest absolute Gasteiger partial charge is 0.469 e. The van der Waals surface area contributed by atoms with Crippen molar-refractivity contribution >= 4 is 24.8 Å². The van der Waals surface area contributed by atoms with Gasteiger partial charge in [0.05, 0.1) is 12.9 Å². The molecule has 0 amide bonds. The van der Waals surface area contributed by atoms with Gasteiger partial charge in [0.1, 0.15) is 23.8 Å². The van der Waals surface area contributed by atoms with E-state index >= 15 is 0 Å². The molecule has 4 rings (SSSR count). The Kier molecular flexibility index (Phi) is 5.74. The van der Waals surface area contributed by atoms with E-state index in [4.69, 9.17) is 20.3 Å². The van der Waals surface area contributed by atoms with Gasteiger partial charge in [0.25, 0.3) is 0 Å². The van der Waals surface area contributed by atoms with Gasteiger partial charge in [-0.15, -0.1) is 0 Å². The molecule has 1 aliphatic rings. The summed E-state index contributed by atoms with van der Waals surface area (Å²) in [6, 6.07) is 9.19. The van der Waals surface area contributed by atoms with Crippen LogP contribution in [0.2, 0.25) is 0 Å². The predicted molar refractivity (Wildman–Crippen MR) is 106 cm³/mol. The van der Waals surface area contributed by atoms with E-state index in [1.54, 1.807) is 0 Å². The van der Waals surface area contributed by atoms with Gasteiger partial charge < -0.3 is 30.5 Å². The van der Waals surface area contributed by atoms with E-state index in [2.05, 4.69) is 31.3 Å². The Morgan fingerprint density at radius 2 is 1.90 bits per heavy atom. The van der Waals surface area contributed by atoms with E-state index in [-0.39, 0.29) is 22.8 Å². The van der Waals surface area contributed by atoms with Gasteiger partial charge in [-0.05, 0) is 18.1 Å². The number of fused-ring (bicyclic) bond motifs is 1. The van der Waals surface area contributed by atoms with Crippen LogP contribution in [0.1, 0.15) is 17.6 Å². The summed E-state index contributed by atoms with van der Waals surface area (Å²) in [5.41, 5.74) is 7.17. The van der Waals surface area contributed by atoms with E-state index in [0.717, 1.165) is 5.56 Å². The Morgan fingerprint density at radius 1 is 1.16 bits per heavy atom. The fourth-order valence-corrected chi connectivity index (χ4v) is 3.44. The highest BCUT2D eigenvalue weighted by Gasteiger charge is 2.45. The lowest BCUT2D eigenvalue weighted by atomic mass is 10.1. The fraction of sp³-hybridized carbons (Fsp3) is 0.278. The van der Waals surface area contributed by atoms with Gasteiger partial charge in [-0.25, -0.2) is 19.5 Å². The minimum absolute atomic E-state index is 0.0653. The molecule has 1 fully saturated rings. The van der Waals surface area contributed by atoms with Gasteiger partial charge >= 0.3 is 7.82 Å². The smallest absolute Gasteiger partial charge is 0.387 e. The monoisotopic (exact) mass is 447 g/mol. The van der Waals surface area contributed by atoms with Gasteiger partial charge in [-0.1, -0.05) is 24.1 Å². The molecular weight excluding hydrogens is 429 g/mol. The van der Waals surface area contributed by atoms with Crippen LogP contribution < -0.4 is 5.73 Å². The second-order valence-corrected chi connectivity index (χ2v) is 7.94. The molecule has 0 bridgehead atoms. The van der Waals surface area contributed by atoms with Crippen LogP contribution >= 0.6 is 7.82 Å². The summed E-state index contributed by atoms with van der Waals surface area (Å²) in [7, 11) is -4.77. The van der Waals surface area contributed by atoms with Crippen molar-refractivity contribution in [2.45, 2.75) is 24.5 Å². The van der Waals surface area contributed by atoms with Gasteiger partial charge in [-0.2, -0.15) is 0 Å². The van der Waals surface area contributed by atoms with E-state index in [0.29, 0.717) is 0 Å². The zero-order valence-corrected chi connectivity index (χ0v) is 16.7. The number of imidazole rings is 1. The number of nitrogens with zero attached hydrogens (tertiary/aromatic N) is 4. The standard InChI is InChI=1S/C18H18N5O7P/c19-16-13-17(22-12(21-16)7-6-10-4-2-1-3-5-10)23(9-20-13)18-15(25)14(24)11(30-18)8-29-31(26,27)28/h1-5,9,11,14-15,18,24-25H,8H2,(H2,19,21,22)(H2,26,27,28)/t11-,14-,15-,18-/m1/s1. The number of hydrogen-bond acceptors (Lipinski definition) is 9. The highest BCUT2D eigenvalue weighted by molar-refractivity contribution is 7.46. The lowest BCUT2D eigenvalue weighted by Crippen LogP contribution is -2.33. The Hall–Kier alpha value is -2.88. The molecule has 1 aliphatic heterocycles. The first-order chi connectivity index (χ1) is 14.7. The molecule has 1 saturated heterocycles. The topological polar surface area (TPSA) is 186 Å². The zero-order chi connectivity index (χ0) is 22.2. The maximum absolute atomic E-state index is 10.9. The number of rotatable bonds is 4. The summed E-state index contributed by atoms with van der Waals surface area (Å²) in [6.07, 6.45) is -3.96. The molecule has 0 aliphatic carbocycles. The summed E-state index contributed by atoms with van der Waals surface area (Å²) >= 11 is 0. The van der Waals surface area contributed by atoms with Gasteiger partial charge in [-0.3, -0.25) is 9.09 Å². The van der Waals surface area contributed by atoms with Gasteiger partial charge in [0, 0.05) is 5.56 Å². The minimum atomic E-state index is -4.77. The molecule has 0 unspecified atom stereocenters. The SMILES string of the molecule is Nc1nc(C#Cc2ccccc2)nc2c1ncn2[C@@H]1O[C@H](COP(=O)(O)O)[C@@H](O)[C@H]1O. The Balaban J connectivity index is 1.64. The third kappa shape index (κ3) is 4.58. The van der Waals surface area contributed by atoms with Crippen molar-refractivity contribution < 1.29 is 33.8 Å². The normalized spacial score (nSPS) is 23.6. The van der Waals surface area contributed by atoms with Crippen LogP contribution in [0.25, 0.3) is 11.2 Å². The highest BCUT2D eigenvalue weighted by Crippen LogP contribution is 2.38. The summed E-state index contributed by atoms with van der Waals surface area (Å²) in [5.74, 6) is 5.91. The van der Waals surface area contributed by atoms with Crippen molar-refractivity contribution in [3.63, 3.8) is 0 Å². The molecule has 31 heavy (non-hydrogen) atoms. The number of aliphatic hydroxyl groups excluding tert-OH is 2. The maximum Gasteiger partial charge on any atom is 0.469 e. The fourth-order valence-electron chi connectivity index (χ4n) is 3.10. The first-order valence-electron chi connectivity index (χ1n) is 9.02. The van der Waals surface area contributed by atoms with Crippen molar-refractivity contribution in [1.82, 2.24) is 19.5 Å². The van der Waals surface area contributed by atoms with Crippen molar-refractivity contribution in [2.75, 3.05) is 12.3 Å². The van der Waals surface area contributed by atoms with Crippen molar-refractivity contribution in [2.24, 2.45) is 0 Å². The third-order valence-corrected chi connectivity index (χ3v) is 5.04. The molecule has 3 aromatic rings. The summed E-state index contributed by atoms with van der Waals surface area (Å²) in [5, 5.41) is 20.6. The average molecular weight is 447 g/mol. The number of aliphatic hydroxyl groups is 2. The molecule has 3 heterocycles. The Bertz CT molecular complexity index is 1200. The Labute approximate surface area is 175 Å². The van der Waals surface area contributed by atoms with E-state index in [1.165, 1.54) is 10.9 Å². The molecule has 12 nitrogen and oxygen atoms in total. The number of aromatic nitrogens is 4. The summed E-state index contributed by atoms with van der Waals surface area (Å²) in [4.78, 5) is 30.3. The summed E-state index contributed by atoms with van der Waals surface area (Å²) < 4.78 is 22.2. The maximum atomic E-state index is 10.9. The molecule has 0 saturated carbocycles. The van der Waals surface area contributed by atoms with Gasteiger partial charge in [0.15, 0.2) is 17.7 Å². The summed E-state index contributed by atoms with van der Waals surface area (Å²) in [6.45, 7) is -0.628. The molecular formula is C18H18N5O7P.